The van der Waals surface area contributed by atoms with Crippen molar-refractivity contribution in [1.29, 1.82) is 0 Å². The maximum absolute atomic E-state index is 6.41. The lowest BCUT2D eigenvalue weighted by Gasteiger charge is -2.27. The Morgan fingerprint density at radius 3 is 2.67 bits per heavy atom. The van der Waals surface area contributed by atoms with Crippen LogP contribution in [0.5, 0.6) is 5.75 Å². The van der Waals surface area contributed by atoms with Gasteiger partial charge >= 0.3 is 0 Å². The number of aromatic nitrogens is 3. The molecule has 0 saturated carbocycles. The van der Waals surface area contributed by atoms with Crippen LogP contribution in [0.1, 0.15) is 27.8 Å². The number of aryl methyl sites for hydroxylation is 2. The molecule has 0 fully saturated rings. The standard InChI is InChI=1S/C28H30N4O/c1-19-8-11-27(33-18-22-10-9-21-17-31(3)14-12-23(21)20(22)2)24(16-19)25-6-5-7-26(30-25)28-29-13-15-32(28)4/h5-11,13,15-16H,12,14,17-18H2,1-4H3. The fourth-order valence-electron chi connectivity index (χ4n) is 4.63. The van der Waals surface area contributed by atoms with Crippen molar-refractivity contribution in [2.24, 2.45) is 7.05 Å². The van der Waals surface area contributed by atoms with Gasteiger partial charge in [-0.15, -0.1) is 0 Å². The van der Waals surface area contributed by atoms with Gasteiger partial charge in [-0.05, 0) is 73.8 Å². The minimum atomic E-state index is 0.546. The third-order valence-electron chi connectivity index (χ3n) is 6.59. The van der Waals surface area contributed by atoms with E-state index in [1.54, 1.807) is 6.20 Å². The molecule has 0 unspecified atom stereocenters. The number of pyridine rings is 1. The van der Waals surface area contributed by atoms with Crippen molar-refractivity contribution < 1.29 is 4.74 Å². The van der Waals surface area contributed by atoms with E-state index in [-0.39, 0.29) is 0 Å². The van der Waals surface area contributed by atoms with Crippen LogP contribution < -0.4 is 4.74 Å². The number of imidazole rings is 1. The quantitative estimate of drug-likeness (QED) is 0.422. The van der Waals surface area contributed by atoms with Gasteiger partial charge in [0.25, 0.3) is 0 Å². The van der Waals surface area contributed by atoms with Crippen molar-refractivity contribution in [2.75, 3.05) is 13.6 Å². The van der Waals surface area contributed by atoms with Gasteiger partial charge in [0.05, 0.1) is 5.69 Å². The fourth-order valence-corrected chi connectivity index (χ4v) is 4.63. The predicted octanol–water partition coefficient (Wildman–Crippen LogP) is 5.33. The summed E-state index contributed by atoms with van der Waals surface area (Å²) in [6.45, 7) is 7.01. The smallest absolute Gasteiger partial charge is 0.158 e. The molecule has 3 heterocycles. The van der Waals surface area contributed by atoms with E-state index in [1.807, 2.05) is 36.0 Å². The zero-order valence-corrected chi connectivity index (χ0v) is 19.8. The molecule has 0 N–H and O–H groups in total. The first kappa shape index (κ1) is 21.4. The van der Waals surface area contributed by atoms with Crippen molar-refractivity contribution in [1.82, 2.24) is 19.4 Å². The van der Waals surface area contributed by atoms with E-state index in [1.165, 1.54) is 27.8 Å². The molecule has 0 saturated heterocycles. The van der Waals surface area contributed by atoms with Crippen LogP contribution in [-0.4, -0.2) is 33.0 Å². The monoisotopic (exact) mass is 438 g/mol. The molecule has 4 aromatic rings. The van der Waals surface area contributed by atoms with E-state index in [2.05, 4.69) is 61.1 Å². The molecule has 0 amide bonds. The number of likely N-dealkylation sites (N-methyl/N-ethyl adjacent to an activating group) is 1. The summed E-state index contributed by atoms with van der Waals surface area (Å²) in [6, 6.07) is 16.9. The summed E-state index contributed by atoms with van der Waals surface area (Å²) in [5.74, 6) is 1.70. The number of ether oxygens (including phenoxy) is 1. The highest BCUT2D eigenvalue weighted by atomic mass is 16.5. The van der Waals surface area contributed by atoms with Crippen molar-refractivity contribution >= 4 is 0 Å². The first-order valence-electron chi connectivity index (χ1n) is 11.5. The van der Waals surface area contributed by atoms with Crippen LogP contribution >= 0.6 is 0 Å². The van der Waals surface area contributed by atoms with E-state index < -0.39 is 0 Å². The van der Waals surface area contributed by atoms with Crippen molar-refractivity contribution in [3.8, 4) is 28.5 Å². The minimum absolute atomic E-state index is 0.546. The lowest BCUT2D eigenvalue weighted by Crippen LogP contribution is -2.27. The number of rotatable bonds is 5. The topological polar surface area (TPSA) is 43.2 Å². The maximum atomic E-state index is 6.41. The maximum Gasteiger partial charge on any atom is 0.158 e. The van der Waals surface area contributed by atoms with Gasteiger partial charge in [0, 0.05) is 38.1 Å². The molecule has 5 rings (SSSR count). The highest BCUT2D eigenvalue weighted by Crippen LogP contribution is 2.32. The summed E-state index contributed by atoms with van der Waals surface area (Å²) in [6.07, 6.45) is 4.83. The number of hydrogen-bond acceptors (Lipinski definition) is 4. The predicted molar refractivity (Wildman–Crippen MR) is 132 cm³/mol. The summed E-state index contributed by atoms with van der Waals surface area (Å²) in [5, 5.41) is 0. The summed E-state index contributed by atoms with van der Waals surface area (Å²) in [4.78, 5) is 11.7. The summed E-state index contributed by atoms with van der Waals surface area (Å²) in [7, 11) is 4.17. The van der Waals surface area contributed by atoms with E-state index >= 15 is 0 Å². The minimum Gasteiger partial charge on any atom is -0.488 e. The molecule has 0 bridgehead atoms. The second-order valence-corrected chi connectivity index (χ2v) is 9.03. The van der Waals surface area contributed by atoms with Crippen molar-refractivity contribution in [3.63, 3.8) is 0 Å². The largest absolute Gasteiger partial charge is 0.488 e. The molecular weight excluding hydrogens is 408 g/mol. The zero-order chi connectivity index (χ0) is 22.9. The Morgan fingerprint density at radius 2 is 1.85 bits per heavy atom. The second-order valence-electron chi connectivity index (χ2n) is 9.03. The highest BCUT2D eigenvalue weighted by molar-refractivity contribution is 5.70. The Hall–Kier alpha value is -3.44. The SMILES string of the molecule is Cc1ccc(OCc2ccc3c(c2C)CCN(C)C3)c(-c2cccc(-c3nccn3C)n2)c1. The molecule has 1 aliphatic rings. The highest BCUT2D eigenvalue weighted by Gasteiger charge is 2.18. The summed E-state index contributed by atoms with van der Waals surface area (Å²) >= 11 is 0. The third kappa shape index (κ3) is 4.29. The van der Waals surface area contributed by atoms with Gasteiger partial charge in [-0.2, -0.15) is 0 Å². The Labute approximate surface area is 195 Å². The molecule has 0 spiro atoms. The number of hydrogen-bond donors (Lipinski definition) is 0. The van der Waals surface area contributed by atoms with Gasteiger partial charge in [-0.25, -0.2) is 9.97 Å². The van der Waals surface area contributed by atoms with Gasteiger partial charge in [-0.3, -0.25) is 0 Å². The molecular formula is C28H30N4O. The molecule has 5 nitrogen and oxygen atoms in total. The summed E-state index contributed by atoms with van der Waals surface area (Å²) in [5.41, 5.74) is 9.46. The Bertz CT molecular complexity index is 1310. The van der Waals surface area contributed by atoms with Crippen LogP contribution in [0.2, 0.25) is 0 Å². The zero-order valence-electron chi connectivity index (χ0n) is 19.8. The lowest BCUT2D eigenvalue weighted by molar-refractivity contribution is 0.302. The van der Waals surface area contributed by atoms with Crippen LogP contribution in [0.15, 0.2) is 60.9 Å². The Balaban J connectivity index is 1.44. The molecule has 2 aromatic heterocycles. The van der Waals surface area contributed by atoms with Crippen LogP contribution in [0.4, 0.5) is 0 Å². The van der Waals surface area contributed by atoms with Crippen LogP contribution in [0.25, 0.3) is 22.8 Å². The van der Waals surface area contributed by atoms with E-state index in [0.717, 1.165) is 48.0 Å². The summed E-state index contributed by atoms with van der Waals surface area (Å²) < 4.78 is 8.39. The van der Waals surface area contributed by atoms with Crippen LogP contribution in [0.3, 0.4) is 0 Å². The molecule has 5 heteroatoms. The van der Waals surface area contributed by atoms with Gasteiger partial charge in [0.1, 0.15) is 18.1 Å². The Kier molecular flexibility index (Phi) is 5.73. The molecule has 0 radical (unpaired) electrons. The van der Waals surface area contributed by atoms with Crippen LogP contribution in [-0.2, 0) is 26.6 Å². The average molecular weight is 439 g/mol. The van der Waals surface area contributed by atoms with Gasteiger partial charge < -0.3 is 14.2 Å². The van der Waals surface area contributed by atoms with Gasteiger partial charge in [0.15, 0.2) is 5.82 Å². The second kappa shape index (κ2) is 8.83. The van der Waals surface area contributed by atoms with E-state index in [9.17, 15) is 0 Å². The molecule has 168 valence electrons. The molecule has 0 atom stereocenters. The van der Waals surface area contributed by atoms with Crippen LogP contribution in [0, 0.1) is 13.8 Å². The molecule has 33 heavy (non-hydrogen) atoms. The first-order chi connectivity index (χ1) is 16.0. The van der Waals surface area contributed by atoms with Crippen molar-refractivity contribution in [3.05, 3.63) is 88.7 Å². The van der Waals surface area contributed by atoms with Crippen molar-refractivity contribution in [2.45, 2.75) is 33.4 Å². The van der Waals surface area contributed by atoms with E-state index in [0.29, 0.717) is 6.61 Å². The molecule has 0 aliphatic carbocycles. The number of nitrogens with zero attached hydrogens (tertiary/aromatic N) is 4. The molecule has 2 aromatic carbocycles. The average Bonchev–Trinajstić information content (AvgIpc) is 3.25. The van der Waals surface area contributed by atoms with Gasteiger partial charge in [0.2, 0.25) is 0 Å². The molecule has 1 aliphatic heterocycles. The van der Waals surface area contributed by atoms with E-state index in [4.69, 9.17) is 9.72 Å². The third-order valence-corrected chi connectivity index (χ3v) is 6.59. The number of benzene rings is 2. The Morgan fingerprint density at radius 1 is 1.00 bits per heavy atom. The lowest BCUT2D eigenvalue weighted by atomic mass is 9.92. The fraction of sp³-hybridized carbons (Fsp3) is 0.286. The number of fused-ring (bicyclic) bond motifs is 1. The normalized spacial score (nSPS) is 13.7. The van der Waals surface area contributed by atoms with Gasteiger partial charge in [-0.1, -0.05) is 29.8 Å². The first-order valence-corrected chi connectivity index (χ1v) is 11.5.